The van der Waals surface area contributed by atoms with Gasteiger partial charge in [-0.15, -0.1) is 0 Å². The summed E-state index contributed by atoms with van der Waals surface area (Å²) in [5, 5.41) is 9.09. The molecule has 0 saturated carbocycles. The zero-order chi connectivity index (χ0) is 21.4. The van der Waals surface area contributed by atoms with Crippen molar-refractivity contribution >= 4 is 22.8 Å². The maximum Gasteiger partial charge on any atom is 0.241 e. The lowest BCUT2D eigenvalue weighted by Gasteiger charge is -2.33. The molecule has 1 saturated heterocycles. The average molecular weight is 421 g/mol. The van der Waals surface area contributed by atoms with Crippen LogP contribution >= 0.6 is 0 Å². The number of aromatic nitrogens is 6. The van der Waals surface area contributed by atoms with Crippen LogP contribution in [0.5, 0.6) is 5.75 Å². The predicted octanol–water partition coefficient (Wildman–Crippen LogP) is 1.33. The first-order valence-corrected chi connectivity index (χ1v) is 10.0. The maximum atomic E-state index is 6.10. The van der Waals surface area contributed by atoms with Crippen LogP contribution in [0.25, 0.3) is 22.4 Å². The molecule has 5 rings (SSSR count). The molecule has 4 aromatic rings. The van der Waals surface area contributed by atoms with Gasteiger partial charge in [-0.25, -0.2) is 0 Å². The van der Waals surface area contributed by atoms with E-state index in [1.165, 1.54) is 0 Å². The normalized spacial score (nSPS) is 15.0. The molecule has 0 radical (unpaired) electrons. The Bertz CT molecular complexity index is 1190. The molecule has 3 aromatic heterocycles. The number of rotatable bonds is 5. The molecule has 1 aromatic carbocycles. The van der Waals surface area contributed by atoms with E-state index in [1.54, 1.807) is 18.0 Å². The molecule has 0 amide bonds. The summed E-state index contributed by atoms with van der Waals surface area (Å²) < 4.78 is 12.4. The van der Waals surface area contributed by atoms with Crippen molar-refractivity contribution in [3.8, 4) is 17.1 Å². The Morgan fingerprint density at radius 2 is 1.84 bits per heavy atom. The van der Waals surface area contributed by atoms with Gasteiger partial charge in [0.25, 0.3) is 0 Å². The molecule has 1 fully saturated rings. The van der Waals surface area contributed by atoms with Crippen molar-refractivity contribution in [1.82, 2.24) is 34.8 Å². The van der Waals surface area contributed by atoms with E-state index in [-0.39, 0.29) is 0 Å². The lowest BCUT2D eigenvalue weighted by atomic mass is 10.2. The van der Waals surface area contributed by atoms with Crippen LogP contribution in [0.1, 0.15) is 5.89 Å². The standard InChI is InChI=1S/C20H23N9O2/c1-27-19-15(11-22-27)17(21)24-20(25-19)29-9-7-28(8-10-29)12-16-23-18(26-31-16)13-3-5-14(30-2)6-4-13/h3-6,11H,7-10,12H2,1-2H3,(H2,21,24,25). The average Bonchev–Trinajstić information content (AvgIpc) is 3.41. The van der Waals surface area contributed by atoms with E-state index < -0.39 is 0 Å². The highest BCUT2D eigenvalue weighted by Gasteiger charge is 2.22. The van der Waals surface area contributed by atoms with Crippen molar-refractivity contribution < 1.29 is 9.26 Å². The highest BCUT2D eigenvalue weighted by atomic mass is 16.5. The first kappa shape index (κ1) is 19.2. The van der Waals surface area contributed by atoms with E-state index in [0.29, 0.717) is 30.0 Å². The van der Waals surface area contributed by atoms with Gasteiger partial charge in [-0.2, -0.15) is 20.1 Å². The van der Waals surface area contributed by atoms with Crippen LogP contribution in [-0.4, -0.2) is 68.1 Å². The van der Waals surface area contributed by atoms with Gasteiger partial charge >= 0.3 is 0 Å². The SMILES string of the molecule is COc1ccc(-c2noc(CN3CCN(c4nc(N)c5cnn(C)c5n4)CC3)n2)cc1. The van der Waals surface area contributed by atoms with Gasteiger partial charge in [0, 0.05) is 38.8 Å². The number of hydrogen-bond acceptors (Lipinski definition) is 10. The van der Waals surface area contributed by atoms with Crippen molar-refractivity contribution in [2.75, 3.05) is 43.9 Å². The van der Waals surface area contributed by atoms with Crippen LogP contribution in [0.4, 0.5) is 11.8 Å². The number of nitrogens with zero attached hydrogens (tertiary/aromatic N) is 8. The molecule has 0 atom stereocenters. The summed E-state index contributed by atoms with van der Waals surface area (Å²) in [4.78, 5) is 18.1. The van der Waals surface area contributed by atoms with E-state index in [0.717, 1.165) is 48.5 Å². The molecule has 2 N–H and O–H groups in total. The van der Waals surface area contributed by atoms with Gasteiger partial charge in [0.1, 0.15) is 11.6 Å². The Kier molecular flexibility index (Phi) is 4.86. The number of hydrogen-bond donors (Lipinski definition) is 1. The van der Waals surface area contributed by atoms with Crippen LogP contribution in [0.15, 0.2) is 35.0 Å². The van der Waals surface area contributed by atoms with E-state index in [2.05, 4.69) is 35.0 Å². The molecule has 11 heteroatoms. The van der Waals surface area contributed by atoms with Gasteiger partial charge in [0.15, 0.2) is 5.65 Å². The fraction of sp³-hybridized carbons (Fsp3) is 0.350. The number of fused-ring (bicyclic) bond motifs is 1. The topological polar surface area (TPSA) is 124 Å². The third kappa shape index (κ3) is 3.75. The number of benzene rings is 1. The summed E-state index contributed by atoms with van der Waals surface area (Å²) in [6, 6.07) is 7.58. The highest BCUT2D eigenvalue weighted by molar-refractivity contribution is 5.86. The molecule has 1 aliphatic heterocycles. The minimum atomic E-state index is 0.451. The Morgan fingerprint density at radius 3 is 2.58 bits per heavy atom. The van der Waals surface area contributed by atoms with Crippen LogP contribution in [0.2, 0.25) is 0 Å². The van der Waals surface area contributed by atoms with Crippen LogP contribution in [-0.2, 0) is 13.6 Å². The van der Waals surface area contributed by atoms with E-state index in [1.807, 2.05) is 31.3 Å². The van der Waals surface area contributed by atoms with Crippen LogP contribution in [0.3, 0.4) is 0 Å². The summed E-state index contributed by atoms with van der Waals surface area (Å²) in [6.45, 7) is 3.81. The Labute approximate surface area is 178 Å². The van der Waals surface area contributed by atoms with E-state index in [9.17, 15) is 0 Å². The zero-order valence-corrected chi connectivity index (χ0v) is 17.4. The molecule has 11 nitrogen and oxygen atoms in total. The largest absolute Gasteiger partial charge is 0.497 e. The third-order valence-corrected chi connectivity index (χ3v) is 5.44. The Hall–Kier alpha value is -3.73. The second-order valence-electron chi connectivity index (χ2n) is 7.42. The van der Waals surface area contributed by atoms with E-state index >= 15 is 0 Å². The van der Waals surface area contributed by atoms with Gasteiger partial charge < -0.3 is 19.9 Å². The monoisotopic (exact) mass is 421 g/mol. The molecule has 31 heavy (non-hydrogen) atoms. The second-order valence-corrected chi connectivity index (χ2v) is 7.42. The first-order valence-electron chi connectivity index (χ1n) is 10.0. The quantitative estimate of drug-likeness (QED) is 0.504. The van der Waals surface area contributed by atoms with Gasteiger partial charge in [-0.1, -0.05) is 5.16 Å². The second kappa shape index (κ2) is 7.84. The molecular formula is C20H23N9O2. The summed E-state index contributed by atoms with van der Waals surface area (Å²) >= 11 is 0. The molecule has 0 aliphatic carbocycles. The third-order valence-electron chi connectivity index (χ3n) is 5.44. The smallest absolute Gasteiger partial charge is 0.241 e. The van der Waals surface area contributed by atoms with Crippen molar-refractivity contribution in [1.29, 1.82) is 0 Å². The summed E-state index contributed by atoms with van der Waals surface area (Å²) in [5.74, 6) is 3.04. The van der Waals surface area contributed by atoms with Crippen molar-refractivity contribution in [3.05, 3.63) is 36.4 Å². The number of anilines is 2. The van der Waals surface area contributed by atoms with Crippen molar-refractivity contribution in [3.63, 3.8) is 0 Å². The molecule has 0 spiro atoms. The van der Waals surface area contributed by atoms with Crippen molar-refractivity contribution in [2.24, 2.45) is 7.05 Å². The number of piperazine rings is 1. The molecule has 4 heterocycles. The molecule has 0 unspecified atom stereocenters. The predicted molar refractivity (Wildman–Crippen MR) is 114 cm³/mol. The first-order chi connectivity index (χ1) is 15.1. The molecule has 1 aliphatic rings. The van der Waals surface area contributed by atoms with Gasteiger partial charge in [-0.3, -0.25) is 9.58 Å². The fourth-order valence-corrected chi connectivity index (χ4v) is 3.65. The molecule has 0 bridgehead atoms. The number of ether oxygens (including phenoxy) is 1. The lowest BCUT2D eigenvalue weighted by molar-refractivity contribution is 0.215. The zero-order valence-electron chi connectivity index (χ0n) is 17.4. The summed E-state index contributed by atoms with van der Waals surface area (Å²) in [6.07, 6.45) is 1.69. The minimum absolute atomic E-state index is 0.451. The number of methoxy groups -OCH3 is 1. The number of nitrogen functional groups attached to an aromatic ring is 1. The lowest BCUT2D eigenvalue weighted by Crippen LogP contribution is -2.46. The maximum absolute atomic E-state index is 6.10. The minimum Gasteiger partial charge on any atom is -0.497 e. The number of nitrogens with two attached hydrogens (primary N) is 1. The van der Waals surface area contributed by atoms with Gasteiger partial charge in [-0.05, 0) is 24.3 Å². The highest BCUT2D eigenvalue weighted by Crippen LogP contribution is 2.23. The number of aryl methyl sites for hydroxylation is 1. The Balaban J connectivity index is 1.22. The van der Waals surface area contributed by atoms with Gasteiger partial charge in [0.2, 0.25) is 17.7 Å². The summed E-state index contributed by atoms with van der Waals surface area (Å²) in [7, 11) is 3.49. The van der Waals surface area contributed by atoms with Crippen LogP contribution < -0.4 is 15.4 Å². The summed E-state index contributed by atoms with van der Waals surface area (Å²) in [5.41, 5.74) is 7.72. The van der Waals surface area contributed by atoms with E-state index in [4.69, 9.17) is 15.0 Å². The van der Waals surface area contributed by atoms with Crippen LogP contribution in [0, 0.1) is 0 Å². The Morgan fingerprint density at radius 1 is 1.06 bits per heavy atom. The van der Waals surface area contributed by atoms with Crippen molar-refractivity contribution in [2.45, 2.75) is 6.54 Å². The fourth-order valence-electron chi connectivity index (χ4n) is 3.65. The molecular weight excluding hydrogens is 398 g/mol. The van der Waals surface area contributed by atoms with Gasteiger partial charge in [0.05, 0.1) is 25.2 Å². The molecule has 160 valence electrons.